The minimum absolute atomic E-state index is 0.120. The van der Waals surface area contributed by atoms with Gasteiger partial charge in [-0.1, -0.05) is 46.6 Å². The molecule has 7 heteroatoms. The van der Waals surface area contributed by atoms with Crippen LogP contribution in [0.5, 0.6) is 0 Å². The third-order valence-electron chi connectivity index (χ3n) is 4.38. The summed E-state index contributed by atoms with van der Waals surface area (Å²) in [6, 6.07) is 13.3. The summed E-state index contributed by atoms with van der Waals surface area (Å²) in [6.45, 7) is 1.09. The van der Waals surface area contributed by atoms with Gasteiger partial charge in [0.05, 0.1) is 22.1 Å². The Morgan fingerprint density at radius 3 is 2.68 bits per heavy atom. The second kappa shape index (κ2) is 6.75. The largest absolute Gasteiger partial charge is 0.278 e. The van der Waals surface area contributed by atoms with Crippen LogP contribution in [0.3, 0.4) is 0 Å². The molecule has 0 radical (unpaired) electrons. The number of nitrogens with zero attached hydrogens (tertiary/aromatic N) is 4. The van der Waals surface area contributed by atoms with Crippen molar-refractivity contribution in [3.63, 3.8) is 0 Å². The number of rotatable bonds is 5. The van der Waals surface area contributed by atoms with Crippen LogP contribution in [0.2, 0.25) is 10.0 Å². The average molecular weight is 375 g/mol. The number of hydrogen-bond donors (Lipinski definition) is 0. The van der Waals surface area contributed by atoms with Gasteiger partial charge in [-0.25, -0.2) is 0 Å². The van der Waals surface area contributed by atoms with Crippen molar-refractivity contribution in [2.45, 2.75) is 32.1 Å². The average Bonchev–Trinajstić information content (AvgIpc) is 3.45. The van der Waals surface area contributed by atoms with E-state index in [9.17, 15) is 4.79 Å². The zero-order chi connectivity index (χ0) is 17.4. The van der Waals surface area contributed by atoms with E-state index in [1.54, 1.807) is 18.2 Å². The van der Waals surface area contributed by atoms with Crippen LogP contribution >= 0.6 is 23.2 Å². The number of halogens is 2. The second-order valence-corrected chi connectivity index (χ2v) is 7.09. The zero-order valence-electron chi connectivity index (χ0n) is 13.4. The van der Waals surface area contributed by atoms with Crippen LogP contribution in [0.1, 0.15) is 18.4 Å². The topological polar surface area (TPSA) is 51.0 Å². The summed E-state index contributed by atoms with van der Waals surface area (Å²) in [5.74, 6) is 0. The van der Waals surface area contributed by atoms with E-state index in [1.807, 2.05) is 24.3 Å². The Bertz CT molecular complexity index is 984. The summed E-state index contributed by atoms with van der Waals surface area (Å²) >= 11 is 12.1. The van der Waals surface area contributed by atoms with Crippen molar-refractivity contribution >= 4 is 34.1 Å². The lowest BCUT2D eigenvalue weighted by Crippen LogP contribution is -2.35. The molecule has 0 saturated heterocycles. The van der Waals surface area contributed by atoms with Crippen molar-refractivity contribution in [2.24, 2.45) is 0 Å². The van der Waals surface area contributed by atoms with Crippen LogP contribution in [0, 0.1) is 0 Å². The van der Waals surface area contributed by atoms with Gasteiger partial charge in [-0.05, 0) is 42.7 Å². The summed E-state index contributed by atoms with van der Waals surface area (Å²) in [4.78, 5) is 14.9. The first-order valence-electron chi connectivity index (χ1n) is 8.12. The Labute approximate surface area is 154 Å². The van der Waals surface area contributed by atoms with Gasteiger partial charge in [0.1, 0.15) is 5.52 Å². The van der Waals surface area contributed by atoms with E-state index in [0.29, 0.717) is 40.2 Å². The smallest absolute Gasteiger partial charge is 0.277 e. The lowest BCUT2D eigenvalue weighted by atomic mass is 10.2. The van der Waals surface area contributed by atoms with E-state index in [2.05, 4.69) is 15.2 Å². The molecule has 0 N–H and O–H groups in total. The maximum atomic E-state index is 12.7. The molecule has 1 aliphatic carbocycles. The van der Waals surface area contributed by atoms with E-state index in [-0.39, 0.29) is 5.56 Å². The number of benzene rings is 2. The predicted octanol–water partition coefficient (Wildman–Crippen LogP) is 3.72. The molecular weight excluding hydrogens is 359 g/mol. The van der Waals surface area contributed by atoms with Gasteiger partial charge in [0.2, 0.25) is 0 Å². The van der Waals surface area contributed by atoms with Crippen LogP contribution in [0.25, 0.3) is 10.9 Å². The van der Waals surface area contributed by atoms with Crippen molar-refractivity contribution in [1.29, 1.82) is 0 Å². The fourth-order valence-corrected chi connectivity index (χ4v) is 3.22. The maximum Gasteiger partial charge on any atom is 0.278 e. The maximum absolute atomic E-state index is 12.7. The van der Waals surface area contributed by atoms with Gasteiger partial charge in [-0.3, -0.25) is 9.69 Å². The molecule has 25 heavy (non-hydrogen) atoms. The number of aromatic nitrogens is 3. The third kappa shape index (κ3) is 3.54. The Kier molecular flexibility index (Phi) is 4.46. The van der Waals surface area contributed by atoms with E-state index in [0.717, 1.165) is 18.4 Å². The first-order chi connectivity index (χ1) is 12.1. The van der Waals surface area contributed by atoms with E-state index in [4.69, 9.17) is 23.2 Å². The van der Waals surface area contributed by atoms with Crippen LogP contribution in [0.4, 0.5) is 0 Å². The Balaban J connectivity index is 1.61. The van der Waals surface area contributed by atoms with Gasteiger partial charge >= 0.3 is 0 Å². The molecule has 0 amide bonds. The molecule has 128 valence electrons. The van der Waals surface area contributed by atoms with Crippen LogP contribution < -0.4 is 5.56 Å². The number of fused-ring (bicyclic) bond motifs is 1. The van der Waals surface area contributed by atoms with E-state index >= 15 is 0 Å². The first kappa shape index (κ1) is 16.5. The zero-order valence-corrected chi connectivity index (χ0v) is 14.9. The van der Waals surface area contributed by atoms with Crippen molar-refractivity contribution in [3.05, 3.63) is 68.4 Å². The van der Waals surface area contributed by atoms with Crippen molar-refractivity contribution < 1.29 is 0 Å². The molecule has 0 atom stereocenters. The quantitative estimate of drug-likeness (QED) is 0.682. The van der Waals surface area contributed by atoms with Crippen molar-refractivity contribution in [2.75, 3.05) is 0 Å². The van der Waals surface area contributed by atoms with Crippen molar-refractivity contribution in [3.8, 4) is 0 Å². The molecule has 5 nitrogen and oxygen atoms in total. The molecule has 1 saturated carbocycles. The highest BCUT2D eigenvalue weighted by molar-refractivity contribution is 6.42. The highest BCUT2D eigenvalue weighted by Crippen LogP contribution is 2.30. The first-order valence-corrected chi connectivity index (χ1v) is 8.88. The minimum Gasteiger partial charge on any atom is -0.277 e. The van der Waals surface area contributed by atoms with Crippen LogP contribution in [0.15, 0.2) is 47.3 Å². The molecule has 4 rings (SSSR count). The highest BCUT2D eigenvalue weighted by Gasteiger charge is 2.29. The Morgan fingerprint density at radius 1 is 1.12 bits per heavy atom. The summed E-state index contributed by atoms with van der Waals surface area (Å²) in [7, 11) is 0. The molecule has 2 aromatic carbocycles. The van der Waals surface area contributed by atoms with E-state index < -0.39 is 0 Å². The SMILES string of the molecule is O=c1c2ccccc2nnn1CN(Cc1ccc(Cl)c(Cl)c1)C1CC1. The Hall–Kier alpha value is -1.95. The van der Waals surface area contributed by atoms with Gasteiger partial charge in [0, 0.05) is 12.6 Å². The molecule has 1 aromatic heterocycles. The van der Waals surface area contributed by atoms with E-state index in [1.165, 1.54) is 4.68 Å². The van der Waals surface area contributed by atoms with Gasteiger partial charge in [-0.15, -0.1) is 5.10 Å². The lowest BCUT2D eigenvalue weighted by molar-refractivity contribution is 0.181. The summed E-state index contributed by atoms with van der Waals surface area (Å²) in [6.07, 6.45) is 2.24. The van der Waals surface area contributed by atoms with Crippen molar-refractivity contribution in [1.82, 2.24) is 19.9 Å². The fourth-order valence-electron chi connectivity index (χ4n) is 2.89. The molecular formula is C18H16Cl2N4O. The monoisotopic (exact) mass is 374 g/mol. The molecule has 0 aliphatic heterocycles. The normalized spacial score (nSPS) is 14.4. The van der Waals surface area contributed by atoms with Gasteiger partial charge in [0.25, 0.3) is 5.56 Å². The lowest BCUT2D eigenvalue weighted by Gasteiger charge is -2.22. The standard InChI is InChI=1S/C18H16Cl2N4O/c19-15-8-5-12(9-16(15)20)10-23(13-6-7-13)11-24-18(25)14-3-1-2-4-17(14)21-22-24/h1-5,8-9,13H,6-7,10-11H2. The molecule has 1 fully saturated rings. The molecule has 0 unspecified atom stereocenters. The molecule has 0 spiro atoms. The minimum atomic E-state index is -0.120. The summed E-state index contributed by atoms with van der Waals surface area (Å²) in [5.41, 5.74) is 1.56. The van der Waals surface area contributed by atoms with Crippen LogP contribution in [-0.2, 0) is 13.2 Å². The number of hydrogen-bond acceptors (Lipinski definition) is 4. The highest BCUT2D eigenvalue weighted by atomic mass is 35.5. The van der Waals surface area contributed by atoms with Gasteiger partial charge < -0.3 is 0 Å². The third-order valence-corrected chi connectivity index (χ3v) is 5.12. The fraction of sp³-hybridized carbons (Fsp3) is 0.278. The summed E-state index contributed by atoms with van der Waals surface area (Å²) in [5, 5.41) is 9.92. The van der Waals surface area contributed by atoms with Crippen LogP contribution in [-0.4, -0.2) is 25.9 Å². The second-order valence-electron chi connectivity index (χ2n) is 6.28. The summed E-state index contributed by atoms with van der Waals surface area (Å²) < 4.78 is 1.43. The molecule has 0 bridgehead atoms. The molecule has 1 aliphatic rings. The molecule has 1 heterocycles. The van der Waals surface area contributed by atoms with Gasteiger partial charge in [-0.2, -0.15) is 4.68 Å². The molecule has 3 aromatic rings. The predicted molar refractivity (Wildman–Crippen MR) is 98.8 cm³/mol. The Morgan fingerprint density at radius 2 is 1.92 bits per heavy atom. The van der Waals surface area contributed by atoms with Gasteiger partial charge in [0.15, 0.2) is 0 Å².